The largest absolute Gasteiger partial charge is 0.466 e. The molecular formula is C28H28BClNO5. The Hall–Kier alpha value is -3.45. The lowest BCUT2D eigenvalue weighted by Crippen LogP contribution is -2.32. The Morgan fingerprint density at radius 3 is 2.58 bits per heavy atom. The minimum absolute atomic E-state index is 0.121. The quantitative estimate of drug-likeness (QED) is 0.276. The van der Waals surface area contributed by atoms with Crippen molar-refractivity contribution in [2.24, 2.45) is 0 Å². The number of hydrogen-bond acceptors (Lipinski definition) is 5. The van der Waals surface area contributed by atoms with Crippen LogP contribution in [0.1, 0.15) is 36.6 Å². The molecule has 185 valence electrons. The predicted molar refractivity (Wildman–Crippen MR) is 140 cm³/mol. The van der Waals surface area contributed by atoms with Crippen LogP contribution < -0.4 is 10.2 Å². The van der Waals surface area contributed by atoms with E-state index < -0.39 is 0 Å². The Kier molecular flexibility index (Phi) is 8.21. The second kappa shape index (κ2) is 11.5. The van der Waals surface area contributed by atoms with E-state index >= 15 is 0 Å². The summed E-state index contributed by atoms with van der Waals surface area (Å²) in [5.41, 5.74) is 3.50. The van der Waals surface area contributed by atoms with Gasteiger partial charge in [0, 0.05) is 5.56 Å². The molecule has 0 spiro atoms. The van der Waals surface area contributed by atoms with Crippen molar-refractivity contribution in [3.05, 3.63) is 88.4 Å². The molecule has 0 aliphatic carbocycles. The van der Waals surface area contributed by atoms with Crippen LogP contribution in [0.3, 0.4) is 0 Å². The highest BCUT2D eigenvalue weighted by Gasteiger charge is 2.39. The number of rotatable bonds is 9. The van der Waals surface area contributed by atoms with Crippen molar-refractivity contribution in [3.63, 3.8) is 0 Å². The van der Waals surface area contributed by atoms with Crippen LogP contribution in [-0.4, -0.2) is 36.9 Å². The standard InChI is InChI=1S/C28H28BClNO5/c1-4-34-26(32)15-19-10-12-23(30)25(14-19)35-24-13-11-22(29-3)16-21(24)17-31-18(2)27(36-28(31)33)20-8-6-5-7-9-20/h5-14,16,18,27H,4,15,17H2,1-3H3/t18-,27-/m1/s1. The third-order valence-corrected chi connectivity index (χ3v) is 6.46. The van der Waals surface area contributed by atoms with Crippen LogP contribution in [0.15, 0.2) is 66.7 Å². The maximum absolute atomic E-state index is 12.8. The highest BCUT2D eigenvalue weighted by molar-refractivity contribution is 6.51. The van der Waals surface area contributed by atoms with Gasteiger partial charge >= 0.3 is 12.1 Å². The number of carbonyl (C=O) groups excluding carboxylic acids is 2. The number of carbonyl (C=O) groups is 2. The zero-order valence-electron chi connectivity index (χ0n) is 20.6. The van der Waals surface area contributed by atoms with Crippen molar-refractivity contribution < 1.29 is 23.8 Å². The van der Waals surface area contributed by atoms with Gasteiger partial charge in [0.05, 0.1) is 30.6 Å². The molecule has 3 aromatic carbocycles. The molecule has 3 aromatic rings. The molecular weight excluding hydrogens is 477 g/mol. The number of ether oxygens (including phenoxy) is 3. The first-order valence-corrected chi connectivity index (χ1v) is 12.3. The van der Waals surface area contributed by atoms with E-state index in [0.29, 0.717) is 29.7 Å². The van der Waals surface area contributed by atoms with Crippen molar-refractivity contribution >= 4 is 36.4 Å². The smallest absolute Gasteiger partial charge is 0.411 e. The van der Waals surface area contributed by atoms with Crippen molar-refractivity contribution in [1.29, 1.82) is 0 Å². The number of cyclic esters (lactones) is 1. The third-order valence-electron chi connectivity index (χ3n) is 6.15. The molecule has 0 saturated carbocycles. The van der Waals surface area contributed by atoms with Gasteiger partial charge in [-0.2, -0.15) is 0 Å². The molecule has 1 saturated heterocycles. The molecule has 0 aromatic heterocycles. The lowest BCUT2D eigenvalue weighted by molar-refractivity contribution is -0.142. The highest BCUT2D eigenvalue weighted by atomic mass is 35.5. The summed E-state index contributed by atoms with van der Waals surface area (Å²) in [6, 6.07) is 20.6. The van der Waals surface area contributed by atoms with Crippen LogP contribution in [-0.2, 0) is 27.2 Å². The molecule has 0 unspecified atom stereocenters. The van der Waals surface area contributed by atoms with Gasteiger partial charge in [-0.15, -0.1) is 0 Å². The molecule has 1 heterocycles. The van der Waals surface area contributed by atoms with E-state index in [-0.39, 0.29) is 30.6 Å². The van der Waals surface area contributed by atoms with Gasteiger partial charge in [-0.25, -0.2) is 4.79 Å². The normalized spacial score (nSPS) is 17.0. The lowest BCUT2D eigenvalue weighted by atomic mass is 9.73. The Balaban J connectivity index is 1.59. The first kappa shape index (κ1) is 25.6. The summed E-state index contributed by atoms with van der Waals surface area (Å²) < 4.78 is 17.0. The topological polar surface area (TPSA) is 65.1 Å². The zero-order chi connectivity index (χ0) is 25.7. The van der Waals surface area contributed by atoms with Crippen molar-refractivity contribution in [1.82, 2.24) is 4.90 Å². The first-order chi connectivity index (χ1) is 17.4. The van der Waals surface area contributed by atoms with E-state index in [2.05, 4.69) is 0 Å². The first-order valence-electron chi connectivity index (χ1n) is 12.0. The number of benzene rings is 3. The van der Waals surface area contributed by atoms with Crippen LogP contribution in [0.5, 0.6) is 11.5 Å². The van der Waals surface area contributed by atoms with Crippen LogP contribution in [0.2, 0.25) is 11.8 Å². The predicted octanol–water partition coefficient (Wildman–Crippen LogP) is 5.70. The minimum atomic E-state index is -0.373. The van der Waals surface area contributed by atoms with E-state index in [4.69, 9.17) is 25.8 Å². The average molecular weight is 505 g/mol. The van der Waals surface area contributed by atoms with Crippen LogP contribution in [0.25, 0.3) is 0 Å². The fraction of sp³-hybridized carbons (Fsp3) is 0.286. The molecule has 0 bridgehead atoms. The molecule has 1 aliphatic heterocycles. The number of hydrogen-bond donors (Lipinski definition) is 0. The second-order valence-corrected chi connectivity index (χ2v) is 9.00. The number of nitrogens with zero attached hydrogens (tertiary/aromatic N) is 1. The van der Waals surface area contributed by atoms with Gasteiger partial charge in [0.15, 0.2) is 0 Å². The molecule has 1 fully saturated rings. The molecule has 1 radical (unpaired) electrons. The van der Waals surface area contributed by atoms with Gasteiger partial charge in [-0.3, -0.25) is 9.69 Å². The Bertz CT molecular complexity index is 1240. The molecule has 1 aliphatic rings. The van der Waals surface area contributed by atoms with E-state index in [9.17, 15) is 9.59 Å². The summed E-state index contributed by atoms with van der Waals surface area (Å²) in [5, 5.41) is 0.415. The van der Waals surface area contributed by atoms with E-state index in [1.807, 2.05) is 69.6 Å². The Morgan fingerprint density at radius 1 is 1.08 bits per heavy atom. The third kappa shape index (κ3) is 5.85. The molecule has 4 rings (SSSR count). The Labute approximate surface area is 217 Å². The summed E-state index contributed by atoms with van der Waals surface area (Å²) in [5.74, 6) is 0.676. The molecule has 1 amide bonds. The molecule has 36 heavy (non-hydrogen) atoms. The van der Waals surface area contributed by atoms with Gasteiger partial charge in [0.25, 0.3) is 0 Å². The summed E-state index contributed by atoms with van der Waals surface area (Å²) >= 11 is 6.43. The van der Waals surface area contributed by atoms with Crippen molar-refractivity contribution in [3.8, 4) is 11.5 Å². The number of amides is 1. The van der Waals surface area contributed by atoms with Gasteiger partial charge in [0.1, 0.15) is 24.9 Å². The average Bonchev–Trinajstić information content (AvgIpc) is 3.16. The summed E-state index contributed by atoms with van der Waals surface area (Å²) in [7, 11) is 1.98. The SMILES string of the molecule is C[B]c1ccc(Oc2cc(CC(=O)OCC)ccc2Cl)c(CN2C(=O)O[C@@H](c3ccccc3)[C@H]2C)c1. The van der Waals surface area contributed by atoms with Crippen LogP contribution in [0, 0.1) is 0 Å². The van der Waals surface area contributed by atoms with Crippen LogP contribution in [0.4, 0.5) is 4.79 Å². The fourth-order valence-electron chi connectivity index (χ4n) is 4.22. The second-order valence-electron chi connectivity index (χ2n) is 8.59. The van der Waals surface area contributed by atoms with Crippen molar-refractivity contribution in [2.45, 2.75) is 45.8 Å². The monoisotopic (exact) mass is 504 g/mol. The molecule has 0 N–H and O–H groups in total. The summed E-state index contributed by atoms with van der Waals surface area (Å²) in [6.07, 6.45) is -0.601. The zero-order valence-corrected chi connectivity index (χ0v) is 21.3. The maximum atomic E-state index is 12.8. The van der Waals surface area contributed by atoms with Gasteiger partial charge < -0.3 is 14.2 Å². The number of esters is 1. The minimum Gasteiger partial charge on any atom is -0.466 e. The maximum Gasteiger partial charge on any atom is 0.411 e. The summed E-state index contributed by atoms with van der Waals surface area (Å²) in [4.78, 5) is 26.5. The number of halogens is 1. The fourth-order valence-corrected chi connectivity index (χ4v) is 4.38. The highest BCUT2D eigenvalue weighted by Crippen LogP contribution is 2.36. The van der Waals surface area contributed by atoms with Gasteiger partial charge in [-0.05, 0) is 43.2 Å². The molecule has 2 atom stereocenters. The van der Waals surface area contributed by atoms with E-state index in [0.717, 1.165) is 22.2 Å². The van der Waals surface area contributed by atoms with Crippen LogP contribution >= 0.6 is 11.6 Å². The molecule has 6 nitrogen and oxygen atoms in total. The van der Waals surface area contributed by atoms with E-state index in [1.165, 1.54) is 0 Å². The van der Waals surface area contributed by atoms with Crippen molar-refractivity contribution in [2.75, 3.05) is 6.61 Å². The lowest BCUT2D eigenvalue weighted by Gasteiger charge is -2.23. The van der Waals surface area contributed by atoms with Gasteiger partial charge in [0.2, 0.25) is 0 Å². The molecule has 8 heteroatoms. The van der Waals surface area contributed by atoms with E-state index in [1.54, 1.807) is 30.0 Å². The summed E-state index contributed by atoms with van der Waals surface area (Å²) in [6.45, 7) is 6.33. The van der Waals surface area contributed by atoms with Gasteiger partial charge in [-0.1, -0.05) is 72.4 Å². The Morgan fingerprint density at radius 2 is 1.86 bits per heavy atom.